The van der Waals surface area contributed by atoms with E-state index in [0.29, 0.717) is 17.2 Å². The summed E-state index contributed by atoms with van der Waals surface area (Å²) in [7, 11) is 3.26. The van der Waals surface area contributed by atoms with Gasteiger partial charge in [-0.1, -0.05) is 18.2 Å². The van der Waals surface area contributed by atoms with Crippen molar-refractivity contribution in [2.75, 3.05) is 51.8 Å². The van der Waals surface area contributed by atoms with Crippen molar-refractivity contribution in [2.24, 2.45) is 0 Å². The topological polar surface area (TPSA) is 50.0 Å². The van der Waals surface area contributed by atoms with Gasteiger partial charge in [0, 0.05) is 43.3 Å². The lowest BCUT2D eigenvalue weighted by molar-refractivity contribution is 0.254. The van der Waals surface area contributed by atoms with Crippen molar-refractivity contribution < 1.29 is 18.6 Å². The molecule has 6 nitrogen and oxygen atoms in total. The number of piperazine rings is 1. The molecule has 0 aliphatic carbocycles. The Bertz CT molecular complexity index is 1290. The standard InChI is InChI=1S/C29H32FN3O3/c1-34-27-10-5-11-28(35-2)29(27)36-26-9-4-3-8-25(26)33-17-15-32(16-18-33)14-6-7-21-20-31-24-13-12-22(30)19-23(21)24/h3-5,8-13,19-20,31H,6-7,14-18H2,1-2H3. The van der Waals surface area contributed by atoms with Crippen LogP contribution < -0.4 is 19.1 Å². The van der Waals surface area contributed by atoms with Crippen molar-refractivity contribution in [3.05, 3.63) is 78.2 Å². The summed E-state index contributed by atoms with van der Waals surface area (Å²) in [6, 6.07) is 18.6. The van der Waals surface area contributed by atoms with Crippen molar-refractivity contribution in [3.63, 3.8) is 0 Å². The number of nitrogens with one attached hydrogen (secondary N) is 1. The molecule has 0 saturated carbocycles. The van der Waals surface area contributed by atoms with Gasteiger partial charge in [0.05, 0.1) is 19.9 Å². The molecule has 2 heterocycles. The van der Waals surface area contributed by atoms with Crippen LogP contribution in [0.4, 0.5) is 10.1 Å². The number of aromatic amines is 1. The molecule has 188 valence electrons. The molecule has 1 fully saturated rings. The normalized spacial score (nSPS) is 14.2. The maximum absolute atomic E-state index is 13.7. The zero-order chi connectivity index (χ0) is 24.9. The number of ether oxygens (including phenoxy) is 3. The van der Waals surface area contributed by atoms with E-state index in [4.69, 9.17) is 14.2 Å². The summed E-state index contributed by atoms with van der Waals surface area (Å²) < 4.78 is 31.0. The molecule has 3 aromatic carbocycles. The summed E-state index contributed by atoms with van der Waals surface area (Å²) >= 11 is 0. The van der Waals surface area contributed by atoms with Crippen LogP contribution in [0.3, 0.4) is 0 Å². The van der Waals surface area contributed by atoms with Gasteiger partial charge in [0.25, 0.3) is 0 Å². The Morgan fingerprint density at radius 3 is 2.33 bits per heavy atom. The van der Waals surface area contributed by atoms with E-state index in [1.807, 2.05) is 42.6 Å². The first-order valence-corrected chi connectivity index (χ1v) is 12.4. The molecular weight excluding hydrogens is 457 g/mol. The van der Waals surface area contributed by atoms with Gasteiger partial charge in [-0.2, -0.15) is 0 Å². The van der Waals surface area contributed by atoms with E-state index in [1.54, 1.807) is 26.4 Å². The van der Waals surface area contributed by atoms with E-state index in [2.05, 4.69) is 20.9 Å². The monoisotopic (exact) mass is 489 g/mol. The number of hydrogen-bond acceptors (Lipinski definition) is 5. The lowest BCUT2D eigenvalue weighted by Crippen LogP contribution is -2.46. The van der Waals surface area contributed by atoms with Crippen LogP contribution in [0.1, 0.15) is 12.0 Å². The van der Waals surface area contributed by atoms with Crippen molar-refractivity contribution in [1.82, 2.24) is 9.88 Å². The third-order valence-electron chi connectivity index (χ3n) is 6.82. The quantitative estimate of drug-likeness (QED) is 0.319. The molecule has 4 aromatic rings. The summed E-state index contributed by atoms with van der Waals surface area (Å²) in [5.74, 6) is 2.43. The molecule has 1 aromatic heterocycles. The van der Waals surface area contributed by atoms with E-state index in [1.165, 1.54) is 11.6 Å². The zero-order valence-electron chi connectivity index (χ0n) is 20.8. The smallest absolute Gasteiger partial charge is 0.211 e. The van der Waals surface area contributed by atoms with Gasteiger partial charge in [-0.15, -0.1) is 0 Å². The van der Waals surface area contributed by atoms with Crippen LogP contribution in [-0.2, 0) is 6.42 Å². The second-order valence-corrected chi connectivity index (χ2v) is 9.00. The Morgan fingerprint density at radius 2 is 1.58 bits per heavy atom. The van der Waals surface area contributed by atoms with Crippen molar-refractivity contribution in [3.8, 4) is 23.0 Å². The fraction of sp³-hybridized carbons (Fsp3) is 0.310. The Morgan fingerprint density at radius 1 is 0.861 bits per heavy atom. The van der Waals surface area contributed by atoms with Crippen LogP contribution >= 0.6 is 0 Å². The number of aryl methyl sites for hydroxylation is 1. The highest BCUT2D eigenvalue weighted by Crippen LogP contribution is 2.42. The number of nitrogens with zero attached hydrogens (tertiary/aromatic N) is 2. The van der Waals surface area contributed by atoms with E-state index in [9.17, 15) is 4.39 Å². The molecule has 0 bridgehead atoms. The Balaban J connectivity index is 1.19. The van der Waals surface area contributed by atoms with Crippen molar-refractivity contribution in [2.45, 2.75) is 12.8 Å². The van der Waals surface area contributed by atoms with E-state index < -0.39 is 0 Å². The average Bonchev–Trinajstić information content (AvgIpc) is 3.31. The van der Waals surface area contributed by atoms with E-state index in [-0.39, 0.29) is 5.82 Å². The molecule has 5 rings (SSSR count). The summed E-state index contributed by atoms with van der Waals surface area (Å²) in [5.41, 5.74) is 3.23. The molecule has 0 spiro atoms. The molecule has 1 saturated heterocycles. The average molecular weight is 490 g/mol. The summed E-state index contributed by atoms with van der Waals surface area (Å²) in [4.78, 5) is 8.12. The third kappa shape index (κ3) is 5.11. The van der Waals surface area contributed by atoms with Crippen LogP contribution in [0.5, 0.6) is 23.0 Å². The fourth-order valence-electron chi connectivity index (χ4n) is 4.90. The highest BCUT2D eigenvalue weighted by atomic mass is 19.1. The Labute approximate surface area is 211 Å². The van der Waals surface area contributed by atoms with Crippen LogP contribution in [0, 0.1) is 5.82 Å². The van der Waals surface area contributed by atoms with Crippen LogP contribution in [0.2, 0.25) is 0 Å². The number of rotatable bonds is 9. The van der Waals surface area contributed by atoms with Crippen LogP contribution in [0.15, 0.2) is 66.9 Å². The van der Waals surface area contributed by atoms with Gasteiger partial charge in [-0.25, -0.2) is 4.39 Å². The number of H-pyrrole nitrogens is 1. The number of hydrogen-bond donors (Lipinski definition) is 1. The lowest BCUT2D eigenvalue weighted by Gasteiger charge is -2.36. The first-order valence-electron chi connectivity index (χ1n) is 12.4. The predicted octanol–water partition coefficient (Wildman–Crippen LogP) is 5.87. The lowest BCUT2D eigenvalue weighted by atomic mass is 10.1. The van der Waals surface area contributed by atoms with Gasteiger partial charge in [0.2, 0.25) is 5.75 Å². The fourth-order valence-corrected chi connectivity index (χ4v) is 4.90. The van der Waals surface area contributed by atoms with Crippen LogP contribution in [-0.4, -0.2) is 56.8 Å². The Hall–Kier alpha value is -3.71. The summed E-state index contributed by atoms with van der Waals surface area (Å²) in [5, 5.41) is 0.989. The molecule has 1 aliphatic heterocycles. The number of methoxy groups -OCH3 is 2. The summed E-state index contributed by atoms with van der Waals surface area (Å²) in [6.07, 6.45) is 3.98. The molecule has 7 heteroatoms. The number of benzene rings is 3. The van der Waals surface area contributed by atoms with Crippen molar-refractivity contribution >= 4 is 16.6 Å². The van der Waals surface area contributed by atoms with Gasteiger partial charge in [0.1, 0.15) is 5.82 Å². The third-order valence-corrected chi connectivity index (χ3v) is 6.82. The number of para-hydroxylation sites is 3. The molecule has 0 atom stereocenters. The molecular formula is C29H32FN3O3. The number of anilines is 1. The minimum absolute atomic E-state index is 0.187. The van der Waals surface area contributed by atoms with Gasteiger partial charge >= 0.3 is 0 Å². The number of fused-ring (bicyclic) bond motifs is 1. The maximum atomic E-state index is 13.7. The number of halogens is 1. The number of aromatic nitrogens is 1. The molecule has 0 amide bonds. The minimum atomic E-state index is -0.187. The Kier molecular flexibility index (Phi) is 7.28. The highest BCUT2D eigenvalue weighted by Gasteiger charge is 2.21. The van der Waals surface area contributed by atoms with Gasteiger partial charge < -0.3 is 24.1 Å². The molecule has 0 radical (unpaired) electrons. The second-order valence-electron chi connectivity index (χ2n) is 9.00. The molecule has 0 unspecified atom stereocenters. The van der Waals surface area contributed by atoms with Gasteiger partial charge in [-0.05, 0) is 67.4 Å². The van der Waals surface area contributed by atoms with E-state index in [0.717, 1.165) is 67.9 Å². The first-order chi connectivity index (χ1) is 17.7. The molecule has 36 heavy (non-hydrogen) atoms. The largest absolute Gasteiger partial charge is 0.493 e. The zero-order valence-corrected chi connectivity index (χ0v) is 20.8. The second kappa shape index (κ2) is 10.9. The van der Waals surface area contributed by atoms with Crippen molar-refractivity contribution in [1.29, 1.82) is 0 Å². The molecule has 1 aliphatic rings. The van der Waals surface area contributed by atoms with Gasteiger partial charge in [0.15, 0.2) is 17.2 Å². The van der Waals surface area contributed by atoms with Gasteiger partial charge in [-0.3, -0.25) is 4.90 Å². The minimum Gasteiger partial charge on any atom is -0.493 e. The maximum Gasteiger partial charge on any atom is 0.211 e. The molecule has 1 N–H and O–H groups in total. The summed E-state index contributed by atoms with van der Waals surface area (Å²) in [6.45, 7) is 4.82. The van der Waals surface area contributed by atoms with Crippen LogP contribution in [0.25, 0.3) is 10.9 Å². The highest BCUT2D eigenvalue weighted by molar-refractivity contribution is 5.83. The SMILES string of the molecule is COc1cccc(OC)c1Oc1ccccc1N1CCN(CCCc2c[nH]c3ccc(F)cc23)CC1. The first kappa shape index (κ1) is 24.0. The predicted molar refractivity (Wildman–Crippen MR) is 141 cm³/mol. The van der Waals surface area contributed by atoms with E-state index >= 15 is 0 Å².